The summed E-state index contributed by atoms with van der Waals surface area (Å²) in [6, 6.07) is 8.09. The van der Waals surface area contributed by atoms with E-state index in [-0.39, 0.29) is 23.9 Å². The van der Waals surface area contributed by atoms with Gasteiger partial charge in [-0.25, -0.2) is 10.4 Å². The Kier molecular flexibility index (Phi) is 5.84. The van der Waals surface area contributed by atoms with Gasteiger partial charge in [-0.1, -0.05) is 23.7 Å². The van der Waals surface area contributed by atoms with E-state index < -0.39 is 0 Å². The van der Waals surface area contributed by atoms with Crippen LogP contribution in [0, 0.1) is 5.92 Å². The minimum absolute atomic E-state index is 0.0767. The molecule has 3 N–H and O–H groups in total. The van der Waals surface area contributed by atoms with Crippen LogP contribution in [0.2, 0.25) is 5.02 Å². The summed E-state index contributed by atoms with van der Waals surface area (Å²) < 4.78 is 0. The number of carbonyl (C=O) groups is 1. The number of halogens is 1. The van der Waals surface area contributed by atoms with E-state index in [1.54, 1.807) is 17.5 Å². The first-order valence-electron chi connectivity index (χ1n) is 8.05. The summed E-state index contributed by atoms with van der Waals surface area (Å²) in [4.78, 5) is 16.5. The first kappa shape index (κ1) is 17.4. The molecule has 1 aromatic carbocycles. The van der Waals surface area contributed by atoms with E-state index in [0.717, 1.165) is 17.0 Å². The molecule has 0 bridgehead atoms. The second-order valence-electron chi connectivity index (χ2n) is 6.00. The molecule has 1 saturated heterocycles. The first-order chi connectivity index (χ1) is 11.6. The van der Waals surface area contributed by atoms with Gasteiger partial charge in [-0.15, -0.1) is 11.3 Å². The van der Waals surface area contributed by atoms with Crippen LogP contribution in [0.15, 0.2) is 35.8 Å². The van der Waals surface area contributed by atoms with Crippen LogP contribution in [-0.2, 0) is 11.2 Å². The zero-order chi connectivity index (χ0) is 16.9. The molecule has 0 aliphatic carbocycles. The van der Waals surface area contributed by atoms with Crippen LogP contribution < -0.4 is 16.2 Å². The number of benzene rings is 1. The van der Waals surface area contributed by atoms with E-state index >= 15 is 0 Å². The Morgan fingerprint density at radius 1 is 1.33 bits per heavy atom. The molecule has 1 aliphatic heterocycles. The Balaban J connectivity index is 1.55. The maximum absolute atomic E-state index is 12.3. The summed E-state index contributed by atoms with van der Waals surface area (Å²) in [7, 11) is 0. The Hall–Kier alpha value is -1.47. The Bertz CT molecular complexity index is 662. The van der Waals surface area contributed by atoms with E-state index in [2.05, 4.69) is 28.1 Å². The van der Waals surface area contributed by atoms with Gasteiger partial charge in [0.05, 0.1) is 11.0 Å². The molecule has 3 rings (SSSR count). The molecule has 0 saturated carbocycles. The van der Waals surface area contributed by atoms with E-state index in [9.17, 15) is 4.79 Å². The lowest BCUT2D eigenvalue weighted by molar-refractivity contribution is -0.122. The Labute approximate surface area is 150 Å². The summed E-state index contributed by atoms with van der Waals surface area (Å²) in [5.74, 6) is 0.263. The maximum Gasteiger partial charge on any atom is 0.220 e. The fourth-order valence-electron chi connectivity index (χ4n) is 2.99. The Morgan fingerprint density at radius 2 is 2.12 bits per heavy atom. The van der Waals surface area contributed by atoms with Crippen molar-refractivity contribution in [3.05, 3.63) is 51.4 Å². The third-order valence-corrected chi connectivity index (χ3v) is 5.42. The van der Waals surface area contributed by atoms with Gasteiger partial charge in [0.25, 0.3) is 0 Å². The van der Waals surface area contributed by atoms with Gasteiger partial charge in [0, 0.05) is 47.9 Å². The van der Waals surface area contributed by atoms with Gasteiger partial charge in [0.2, 0.25) is 5.91 Å². The fraction of sp³-hybridized carbons (Fsp3) is 0.412. The number of hydrogen-bond donors (Lipinski definition) is 3. The third-order valence-electron chi connectivity index (χ3n) is 4.33. The minimum Gasteiger partial charge on any atom is -0.356 e. The lowest BCUT2D eigenvalue weighted by atomic mass is 9.87. The molecule has 2 aromatic rings. The van der Waals surface area contributed by atoms with E-state index in [1.165, 1.54) is 0 Å². The van der Waals surface area contributed by atoms with Gasteiger partial charge in [0.1, 0.15) is 0 Å². The quantitative estimate of drug-likeness (QED) is 0.737. The van der Waals surface area contributed by atoms with Crippen molar-refractivity contribution in [2.45, 2.75) is 31.8 Å². The van der Waals surface area contributed by atoms with Crippen molar-refractivity contribution < 1.29 is 4.79 Å². The predicted molar refractivity (Wildman–Crippen MR) is 96.9 cm³/mol. The molecular weight excluding hydrogens is 344 g/mol. The van der Waals surface area contributed by atoms with Crippen molar-refractivity contribution >= 4 is 28.8 Å². The highest BCUT2D eigenvalue weighted by Gasteiger charge is 2.35. The normalized spacial score (nSPS) is 23.3. The smallest absolute Gasteiger partial charge is 0.220 e. The van der Waals surface area contributed by atoms with Crippen LogP contribution in [0.3, 0.4) is 0 Å². The molecule has 1 fully saturated rings. The number of thiazole rings is 1. The highest BCUT2D eigenvalue weighted by molar-refractivity contribution is 7.09. The first-order valence-corrected chi connectivity index (χ1v) is 9.31. The van der Waals surface area contributed by atoms with Crippen molar-refractivity contribution in [2.24, 2.45) is 5.92 Å². The summed E-state index contributed by atoms with van der Waals surface area (Å²) in [6.07, 6.45) is 3.04. The zero-order valence-corrected chi connectivity index (χ0v) is 15.0. The highest BCUT2D eigenvalue weighted by Crippen LogP contribution is 2.31. The fourth-order valence-corrected chi connectivity index (χ4v) is 3.74. The molecule has 3 unspecified atom stereocenters. The number of hydrazine groups is 1. The molecule has 5 nitrogen and oxygen atoms in total. The van der Waals surface area contributed by atoms with Crippen molar-refractivity contribution in [3.63, 3.8) is 0 Å². The second kappa shape index (κ2) is 8.07. The zero-order valence-electron chi connectivity index (χ0n) is 13.5. The molecule has 1 amide bonds. The predicted octanol–water partition coefficient (Wildman–Crippen LogP) is 2.70. The summed E-state index contributed by atoms with van der Waals surface area (Å²) in [5.41, 5.74) is 7.68. The number of carbonyl (C=O) groups excluding carboxylic acids is 1. The van der Waals surface area contributed by atoms with Gasteiger partial charge in [0.15, 0.2) is 0 Å². The molecule has 0 radical (unpaired) electrons. The van der Waals surface area contributed by atoms with Crippen LogP contribution >= 0.6 is 22.9 Å². The van der Waals surface area contributed by atoms with Gasteiger partial charge in [-0.3, -0.25) is 10.2 Å². The molecular formula is C17H21ClN4OS. The number of hydrogen-bond acceptors (Lipinski definition) is 5. The minimum atomic E-state index is 0.0767. The van der Waals surface area contributed by atoms with Gasteiger partial charge in [-0.05, 0) is 24.6 Å². The molecule has 2 heterocycles. The lowest BCUT2D eigenvalue weighted by Crippen LogP contribution is -2.32. The van der Waals surface area contributed by atoms with Crippen molar-refractivity contribution in [2.75, 3.05) is 6.54 Å². The maximum atomic E-state index is 12.3. The van der Waals surface area contributed by atoms with Gasteiger partial charge >= 0.3 is 0 Å². The standard InChI is InChI=1S/C17H21ClN4OS/c1-11-14(10-15(23)19-7-6-16-20-8-9-24-16)17(22-21-11)12-2-4-13(18)5-3-12/h2-5,8-9,11,14,17,21-22H,6-7,10H2,1H3,(H,19,23). The van der Waals surface area contributed by atoms with Crippen LogP contribution in [0.1, 0.15) is 30.0 Å². The van der Waals surface area contributed by atoms with Gasteiger partial charge in [-0.2, -0.15) is 0 Å². The molecule has 24 heavy (non-hydrogen) atoms. The van der Waals surface area contributed by atoms with E-state index in [4.69, 9.17) is 11.6 Å². The van der Waals surface area contributed by atoms with Crippen molar-refractivity contribution in [3.8, 4) is 0 Å². The largest absolute Gasteiger partial charge is 0.356 e. The highest BCUT2D eigenvalue weighted by atomic mass is 35.5. The second-order valence-corrected chi connectivity index (χ2v) is 7.42. The molecule has 1 aromatic heterocycles. The summed E-state index contributed by atoms with van der Waals surface area (Å²) >= 11 is 7.58. The van der Waals surface area contributed by atoms with E-state index in [0.29, 0.717) is 18.0 Å². The van der Waals surface area contributed by atoms with Crippen LogP contribution in [-0.4, -0.2) is 23.5 Å². The lowest BCUT2D eigenvalue weighted by Gasteiger charge is -2.21. The monoisotopic (exact) mass is 364 g/mol. The van der Waals surface area contributed by atoms with Crippen molar-refractivity contribution in [1.29, 1.82) is 0 Å². The number of amides is 1. The summed E-state index contributed by atoms with van der Waals surface area (Å²) in [5, 5.41) is 6.72. The van der Waals surface area contributed by atoms with Crippen LogP contribution in [0.5, 0.6) is 0 Å². The van der Waals surface area contributed by atoms with E-state index in [1.807, 2.05) is 29.6 Å². The topological polar surface area (TPSA) is 66.0 Å². The molecule has 7 heteroatoms. The molecule has 3 atom stereocenters. The number of aromatic nitrogens is 1. The average molecular weight is 365 g/mol. The molecule has 1 aliphatic rings. The average Bonchev–Trinajstić information content (AvgIpc) is 3.20. The van der Waals surface area contributed by atoms with Gasteiger partial charge < -0.3 is 5.32 Å². The third kappa shape index (κ3) is 4.33. The molecule has 0 spiro atoms. The Morgan fingerprint density at radius 3 is 2.83 bits per heavy atom. The number of nitrogens with zero attached hydrogens (tertiary/aromatic N) is 1. The van der Waals surface area contributed by atoms with Crippen LogP contribution in [0.25, 0.3) is 0 Å². The molecule has 128 valence electrons. The number of rotatable bonds is 6. The van der Waals surface area contributed by atoms with Crippen LogP contribution in [0.4, 0.5) is 0 Å². The van der Waals surface area contributed by atoms with Crippen molar-refractivity contribution in [1.82, 2.24) is 21.2 Å². The summed E-state index contributed by atoms with van der Waals surface area (Å²) in [6.45, 7) is 2.72. The SMILES string of the molecule is CC1NNC(c2ccc(Cl)cc2)C1CC(=O)NCCc1nccs1. The number of nitrogens with one attached hydrogen (secondary N) is 3.